The Morgan fingerprint density at radius 2 is 1.49 bits per heavy atom. The summed E-state index contributed by atoms with van der Waals surface area (Å²) >= 11 is 0. The molecule has 1 heterocycles. The summed E-state index contributed by atoms with van der Waals surface area (Å²) in [6, 6.07) is 30.7. The molecule has 3 N–H and O–H groups in total. The van der Waals surface area contributed by atoms with Gasteiger partial charge >= 0.3 is 5.91 Å². The van der Waals surface area contributed by atoms with Crippen molar-refractivity contribution in [1.29, 1.82) is 0 Å². The van der Waals surface area contributed by atoms with Gasteiger partial charge in [0.05, 0.1) is 5.69 Å². The van der Waals surface area contributed by atoms with Gasteiger partial charge < -0.3 is 16.0 Å². The van der Waals surface area contributed by atoms with Gasteiger partial charge in [0.2, 0.25) is 11.6 Å². The third-order valence-corrected chi connectivity index (χ3v) is 6.36. The summed E-state index contributed by atoms with van der Waals surface area (Å²) < 4.78 is 0. The Balaban J connectivity index is 0.000000648. The maximum Gasteiger partial charge on any atom is 0.300 e. The lowest BCUT2D eigenvalue weighted by atomic mass is 9.92. The van der Waals surface area contributed by atoms with Gasteiger partial charge in [-0.15, -0.1) is 0 Å². The molecule has 2 amide bonds. The number of fused-ring (bicyclic) bond motifs is 1. The number of benzene rings is 4. The summed E-state index contributed by atoms with van der Waals surface area (Å²) in [7, 11) is 0. The van der Waals surface area contributed by atoms with E-state index in [1.807, 2.05) is 104 Å². The van der Waals surface area contributed by atoms with Gasteiger partial charge in [-0.3, -0.25) is 9.59 Å². The number of anilines is 2. The van der Waals surface area contributed by atoms with E-state index < -0.39 is 11.6 Å². The Morgan fingerprint density at radius 1 is 0.846 bits per heavy atom. The first-order valence-electron chi connectivity index (χ1n) is 13.2. The topological polar surface area (TPSA) is 85.8 Å². The Labute approximate surface area is 229 Å². The monoisotopic (exact) mass is 521 g/mol. The molecule has 1 atom stereocenters. The number of para-hydroxylation sites is 1. The molecule has 7 nitrogen and oxygen atoms in total. The first-order valence-corrected chi connectivity index (χ1v) is 13.2. The summed E-state index contributed by atoms with van der Waals surface area (Å²) in [6.07, 6.45) is 0. The fourth-order valence-corrected chi connectivity index (χ4v) is 4.54. The number of amides is 2. The second kappa shape index (κ2) is 12.4. The summed E-state index contributed by atoms with van der Waals surface area (Å²) in [5, 5.41) is 17.5. The Morgan fingerprint density at radius 3 is 2.13 bits per heavy atom. The van der Waals surface area contributed by atoms with Crippen LogP contribution in [0.4, 0.5) is 11.4 Å². The summed E-state index contributed by atoms with van der Waals surface area (Å²) in [6.45, 7) is 9.77. The van der Waals surface area contributed by atoms with Crippen LogP contribution in [0.1, 0.15) is 31.9 Å². The van der Waals surface area contributed by atoms with Crippen molar-refractivity contribution in [2.75, 3.05) is 23.4 Å². The fourth-order valence-electron chi connectivity index (χ4n) is 4.54. The molecule has 1 aliphatic rings. The molecule has 0 saturated carbocycles. The van der Waals surface area contributed by atoms with Crippen molar-refractivity contribution in [2.45, 2.75) is 33.4 Å². The predicted molar refractivity (Wildman–Crippen MR) is 160 cm³/mol. The molecule has 200 valence electrons. The minimum absolute atomic E-state index is 0.351. The highest BCUT2D eigenvalue weighted by Gasteiger charge is 2.53. The molecular weight excluding hydrogens is 486 g/mol. The lowest BCUT2D eigenvalue weighted by Crippen LogP contribution is -2.64. The van der Waals surface area contributed by atoms with Crippen LogP contribution in [0.2, 0.25) is 0 Å². The van der Waals surface area contributed by atoms with Crippen LogP contribution >= 0.6 is 0 Å². The third kappa shape index (κ3) is 5.99. The molecule has 7 heteroatoms. The number of aryl methyl sites for hydroxylation is 1. The van der Waals surface area contributed by atoms with E-state index in [-0.39, 0.29) is 5.91 Å². The normalized spacial score (nSPS) is 16.4. The van der Waals surface area contributed by atoms with Gasteiger partial charge in [-0.1, -0.05) is 92.2 Å². The molecule has 0 aromatic heterocycles. The van der Waals surface area contributed by atoms with E-state index in [0.717, 1.165) is 35.0 Å². The zero-order valence-corrected chi connectivity index (χ0v) is 22.9. The third-order valence-electron chi connectivity index (χ3n) is 6.36. The maximum atomic E-state index is 14.1. The number of nitrogens with one attached hydrogen (secondary N) is 3. The highest BCUT2D eigenvalue weighted by atomic mass is 16.2. The molecular formula is C32H35N5O2. The lowest BCUT2D eigenvalue weighted by Gasteiger charge is -2.32. The number of nitrogens with zero attached hydrogens (tertiary/aromatic N) is 2. The van der Waals surface area contributed by atoms with E-state index >= 15 is 0 Å². The van der Waals surface area contributed by atoms with Crippen molar-refractivity contribution in [2.24, 2.45) is 5.10 Å². The van der Waals surface area contributed by atoms with Crippen molar-refractivity contribution in [3.8, 4) is 0 Å². The molecule has 0 aliphatic carbocycles. The van der Waals surface area contributed by atoms with Crippen molar-refractivity contribution in [3.05, 3.63) is 108 Å². The molecule has 5 rings (SSSR count). The lowest BCUT2D eigenvalue weighted by molar-refractivity contribution is -0.127. The van der Waals surface area contributed by atoms with Crippen molar-refractivity contribution < 1.29 is 9.59 Å². The molecule has 0 radical (unpaired) electrons. The molecule has 39 heavy (non-hydrogen) atoms. The zero-order chi connectivity index (χ0) is 27.8. The van der Waals surface area contributed by atoms with Crippen molar-refractivity contribution >= 4 is 39.7 Å². The van der Waals surface area contributed by atoms with Crippen molar-refractivity contribution in [1.82, 2.24) is 10.6 Å². The van der Waals surface area contributed by atoms with E-state index in [1.165, 1.54) is 11.9 Å². The Bertz CT molecular complexity index is 1460. The van der Waals surface area contributed by atoms with Crippen LogP contribution in [0.25, 0.3) is 10.8 Å². The number of hydrazone groups is 1. The number of hydrogen-bond acceptors (Lipinski definition) is 5. The van der Waals surface area contributed by atoms with Crippen LogP contribution < -0.4 is 21.0 Å². The van der Waals surface area contributed by atoms with Crippen LogP contribution in [0.3, 0.4) is 0 Å². The molecule has 0 spiro atoms. The Hall–Kier alpha value is -4.49. The van der Waals surface area contributed by atoms with Gasteiger partial charge in [-0.2, -0.15) is 10.1 Å². The molecule has 0 saturated heterocycles. The zero-order valence-electron chi connectivity index (χ0n) is 22.9. The van der Waals surface area contributed by atoms with Crippen LogP contribution in [-0.2, 0) is 9.59 Å². The summed E-state index contributed by atoms with van der Waals surface area (Å²) in [4.78, 5) is 26.6. The molecule has 1 aliphatic heterocycles. The molecule has 0 fully saturated rings. The highest BCUT2D eigenvalue weighted by molar-refractivity contribution is 6.33. The second-order valence-corrected chi connectivity index (χ2v) is 9.31. The summed E-state index contributed by atoms with van der Waals surface area (Å²) in [5.41, 5.74) is 1.97. The first-order chi connectivity index (χ1) is 18.9. The minimum Gasteiger partial charge on any atom is -0.350 e. The number of carbonyl (C=O) groups excluding carboxylic acids is 2. The fraction of sp³-hybridized carbons (Fsp3) is 0.219. The second-order valence-electron chi connectivity index (χ2n) is 9.31. The average molecular weight is 522 g/mol. The van der Waals surface area contributed by atoms with E-state index in [0.29, 0.717) is 17.1 Å². The highest BCUT2D eigenvalue weighted by Crippen LogP contribution is 2.33. The van der Waals surface area contributed by atoms with Gasteiger partial charge in [-0.25, -0.2) is 0 Å². The number of carbonyl (C=O) groups is 2. The van der Waals surface area contributed by atoms with Crippen molar-refractivity contribution in [3.63, 3.8) is 0 Å². The van der Waals surface area contributed by atoms with Crippen LogP contribution in [-0.4, -0.2) is 36.3 Å². The van der Waals surface area contributed by atoms with Gasteiger partial charge in [0.1, 0.15) is 5.71 Å². The summed E-state index contributed by atoms with van der Waals surface area (Å²) in [5.74, 6) is -0.742. The van der Waals surface area contributed by atoms with Gasteiger partial charge in [0, 0.05) is 18.2 Å². The molecule has 4 aromatic carbocycles. The average Bonchev–Trinajstić information content (AvgIpc) is 3.21. The minimum atomic E-state index is -1.60. The Kier molecular flexibility index (Phi) is 8.74. The SMILES string of the molecule is CC(=O)NC1(Nc2ccccc2)C(=O)N(c2ccc(C)cc2)N=C1c1cccc2ccccc12.CCNCC. The van der Waals surface area contributed by atoms with Crippen LogP contribution in [0.15, 0.2) is 102 Å². The van der Waals surface area contributed by atoms with Crippen LogP contribution in [0, 0.1) is 6.92 Å². The van der Waals surface area contributed by atoms with Gasteiger partial charge in [0.25, 0.3) is 0 Å². The van der Waals surface area contributed by atoms with Gasteiger partial charge in [0.15, 0.2) is 0 Å². The van der Waals surface area contributed by atoms with E-state index in [4.69, 9.17) is 5.10 Å². The smallest absolute Gasteiger partial charge is 0.300 e. The predicted octanol–water partition coefficient (Wildman–Crippen LogP) is 5.46. The maximum absolute atomic E-state index is 14.1. The molecule has 0 bridgehead atoms. The molecule has 4 aromatic rings. The van der Waals surface area contributed by atoms with E-state index in [1.54, 1.807) is 0 Å². The quantitative estimate of drug-likeness (QED) is 0.282. The van der Waals surface area contributed by atoms with E-state index in [9.17, 15) is 9.59 Å². The number of rotatable bonds is 7. The molecule has 1 unspecified atom stereocenters. The largest absolute Gasteiger partial charge is 0.350 e. The standard InChI is InChI=1S/C28H24N4O2.C4H11N/c1-19-15-17-23(18-16-19)32-27(34)28(29-20(2)33,30-22-11-4-3-5-12-22)26(31-32)25-14-8-10-21-9-6-7-13-24(21)25;1-3-5-4-2/h3-18,30H,1-2H3,(H,29,33);5H,3-4H2,1-2H3. The van der Waals surface area contributed by atoms with Gasteiger partial charge in [-0.05, 0) is 55.1 Å². The first kappa shape index (κ1) is 27.5. The van der Waals surface area contributed by atoms with E-state index in [2.05, 4.69) is 29.8 Å². The number of hydrogen-bond donors (Lipinski definition) is 3. The van der Waals surface area contributed by atoms with Crippen LogP contribution in [0.5, 0.6) is 0 Å².